The minimum absolute atomic E-state index is 0.0458. The maximum absolute atomic E-state index is 12.5. The maximum atomic E-state index is 12.5. The van der Waals surface area contributed by atoms with Crippen LogP contribution < -0.4 is 0 Å². The van der Waals surface area contributed by atoms with Gasteiger partial charge in [0.25, 0.3) is 12.1 Å². The molecule has 0 aliphatic heterocycles. The molecule has 4 heteroatoms. The summed E-state index contributed by atoms with van der Waals surface area (Å²) in [4.78, 5) is 17.3. The Kier molecular flexibility index (Phi) is 4.81. The average Bonchev–Trinajstić information content (AvgIpc) is 2.29. The van der Waals surface area contributed by atoms with Gasteiger partial charge in [0.2, 0.25) is 0 Å². The van der Waals surface area contributed by atoms with Crippen LogP contribution in [0.5, 0.6) is 0 Å². The topological polar surface area (TPSA) is 56.7 Å². The molecule has 0 aromatic heterocycles. The molecular formula is C14H19N3O. The van der Waals surface area contributed by atoms with Crippen molar-refractivity contribution in [2.24, 2.45) is 0 Å². The summed E-state index contributed by atoms with van der Waals surface area (Å²) >= 11 is 0. The van der Waals surface area contributed by atoms with Crippen molar-refractivity contribution in [2.45, 2.75) is 39.8 Å². The Bertz CT molecular complexity index is 466. The molecule has 1 aromatic carbocycles. The second-order valence-corrected chi connectivity index (χ2v) is 4.73. The normalized spacial score (nSPS) is 10.3. The highest BCUT2D eigenvalue weighted by Gasteiger charge is 2.23. The number of hydrogen-bond acceptors (Lipinski definition) is 1. The molecule has 0 aliphatic carbocycles. The van der Waals surface area contributed by atoms with E-state index in [0.29, 0.717) is 11.1 Å². The van der Waals surface area contributed by atoms with Crippen LogP contribution in [0.3, 0.4) is 0 Å². The van der Waals surface area contributed by atoms with E-state index < -0.39 is 0 Å². The van der Waals surface area contributed by atoms with Gasteiger partial charge in [0.15, 0.2) is 0 Å². The summed E-state index contributed by atoms with van der Waals surface area (Å²) in [6.45, 7) is 7.95. The number of carbonyl (C=O) groups is 1. The van der Waals surface area contributed by atoms with E-state index in [1.54, 1.807) is 18.2 Å². The lowest BCUT2D eigenvalue weighted by Gasteiger charge is -2.31. The Morgan fingerprint density at radius 1 is 1.22 bits per heavy atom. The third-order valence-corrected chi connectivity index (χ3v) is 2.74. The number of rotatable bonds is 4. The number of nitrogens with zero attached hydrogens (tertiary/aromatic N) is 3. The Morgan fingerprint density at radius 2 is 1.78 bits per heavy atom. The van der Waals surface area contributed by atoms with Crippen LogP contribution in [0.15, 0.2) is 24.3 Å². The molecule has 18 heavy (non-hydrogen) atoms. The van der Waals surface area contributed by atoms with Gasteiger partial charge in [-0.15, -0.1) is 0 Å². The maximum Gasteiger partial charge on any atom is 0.288 e. The quantitative estimate of drug-likeness (QED) is 0.457. The first-order valence-corrected chi connectivity index (χ1v) is 6.08. The first kappa shape index (κ1) is 14.1. The Hall–Kier alpha value is -1.93. The van der Waals surface area contributed by atoms with Crippen LogP contribution in [0.1, 0.15) is 43.6 Å². The van der Waals surface area contributed by atoms with Gasteiger partial charge in [0.05, 0.1) is 11.1 Å². The Labute approximate surface area is 108 Å². The smallest absolute Gasteiger partial charge is 0.288 e. The van der Waals surface area contributed by atoms with Crippen molar-refractivity contribution in [1.29, 1.82) is 0 Å². The second kappa shape index (κ2) is 6.12. The van der Waals surface area contributed by atoms with Gasteiger partial charge in [0, 0.05) is 12.1 Å². The zero-order valence-electron chi connectivity index (χ0n) is 11.3. The van der Waals surface area contributed by atoms with E-state index in [0.717, 1.165) is 0 Å². The minimum Gasteiger partial charge on any atom is -0.361 e. The molecule has 96 valence electrons. The third-order valence-electron chi connectivity index (χ3n) is 2.74. The molecule has 4 nitrogen and oxygen atoms in total. The Balaban J connectivity index is 3.20. The van der Waals surface area contributed by atoms with Crippen LogP contribution in [-0.2, 0) is 0 Å². The van der Waals surface area contributed by atoms with Gasteiger partial charge >= 0.3 is 0 Å². The monoisotopic (exact) mass is 245 g/mol. The van der Waals surface area contributed by atoms with Crippen molar-refractivity contribution >= 4 is 12.1 Å². The summed E-state index contributed by atoms with van der Waals surface area (Å²) < 4.78 is 0. The van der Waals surface area contributed by atoms with E-state index in [1.165, 1.54) is 6.21 Å². The van der Waals surface area contributed by atoms with Crippen molar-refractivity contribution in [1.82, 2.24) is 4.90 Å². The van der Waals surface area contributed by atoms with Crippen molar-refractivity contribution in [3.8, 4) is 0 Å². The summed E-state index contributed by atoms with van der Waals surface area (Å²) in [5, 5.41) is 0. The molecule has 0 N–H and O–H groups in total. The molecule has 0 aliphatic rings. The second-order valence-electron chi connectivity index (χ2n) is 4.73. The summed E-state index contributed by atoms with van der Waals surface area (Å²) in [7, 11) is 0. The lowest BCUT2D eigenvalue weighted by atomic mass is 10.1. The van der Waals surface area contributed by atoms with E-state index in [-0.39, 0.29) is 18.0 Å². The van der Waals surface area contributed by atoms with Gasteiger partial charge in [-0.2, -0.15) is 4.79 Å². The standard InChI is InChI=1S/C14H19N3O/c1-10(2)17(11(3)4)14(18)13-8-6-5-7-12(13)9-16-15/h5-11H,1-4H3. The molecule has 0 spiro atoms. The molecule has 1 rings (SSSR count). The molecule has 0 unspecified atom stereocenters. The van der Waals surface area contributed by atoms with Crippen LogP contribution in [0.2, 0.25) is 0 Å². The third kappa shape index (κ3) is 3.05. The predicted octanol–water partition coefficient (Wildman–Crippen LogP) is 2.59. The average molecular weight is 245 g/mol. The van der Waals surface area contributed by atoms with E-state index >= 15 is 0 Å². The first-order chi connectivity index (χ1) is 8.49. The van der Waals surface area contributed by atoms with Crippen LogP contribution in [0, 0.1) is 0 Å². The minimum atomic E-state index is -0.0458. The van der Waals surface area contributed by atoms with E-state index in [1.807, 2.05) is 38.7 Å². The van der Waals surface area contributed by atoms with Gasteiger partial charge < -0.3 is 10.4 Å². The molecule has 0 saturated carbocycles. The van der Waals surface area contributed by atoms with Crippen molar-refractivity contribution < 1.29 is 9.58 Å². The number of amides is 1. The summed E-state index contributed by atoms with van der Waals surface area (Å²) in [5.74, 6) is -0.0458. The van der Waals surface area contributed by atoms with Crippen molar-refractivity contribution in [3.63, 3.8) is 0 Å². The molecule has 0 fully saturated rings. The van der Waals surface area contributed by atoms with Crippen LogP contribution in [0.4, 0.5) is 0 Å². The summed E-state index contributed by atoms with van der Waals surface area (Å²) in [6, 6.07) is 7.36. The fourth-order valence-corrected chi connectivity index (χ4v) is 2.07. The highest BCUT2D eigenvalue weighted by molar-refractivity contribution is 6.01. The zero-order chi connectivity index (χ0) is 13.7. The predicted molar refractivity (Wildman–Crippen MR) is 71.7 cm³/mol. The first-order valence-electron chi connectivity index (χ1n) is 6.08. The van der Waals surface area contributed by atoms with Crippen LogP contribution >= 0.6 is 0 Å². The molecule has 0 radical (unpaired) electrons. The lowest BCUT2D eigenvalue weighted by molar-refractivity contribution is 0.00441. The van der Waals surface area contributed by atoms with Crippen molar-refractivity contribution in [2.75, 3.05) is 0 Å². The van der Waals surface area contributed by atoms with E-state index in [4.69, 9.17) is 5.53 Å². The molecule has 0 bridgehead atoms. The van der Waals surface area contributed by atoms with Crippen LogP contribution in [-0.4, -0.2) is 33.9 Å². The highest BCUT2D eigenvalue weighted by Crippen LogP contribution is 2.14. The summed E-state index contributed by atoms with van der Waals surface area (Å²) in [5.41, 5.74) is 9.80. The largest absolute Gasteiger partial charge is 0.361 e. The molecular weight excluding hydrogens is 226 g/mol. The van der Waals surface area contributed by atoms with E-state index in [9.17, 15) is 4.79 Å². The number of benzene rings is 1. The van der Waals surface area contributed by atoms with Gasteiger partial charge in [-0.3, -0.25) is 4.79 Å². The van der Waals surface area contributed by atoms with Gasteiger partial charge in [-0.1, -0.05) is 12.1 Å². The molecule has 0 atom stereocenters. The molecule has 1 aromatic rings. The fourth-order valence-electron chi connectivity index (χ4n) is 2.07. The Morgan fingerprint density at radius 3 is 2.28 bits per heavy atom. The van der Waals surface area contributed by atoms with Crippen molar-refractivity contribution in [3.05, 3.63) is 40.9 Å². The molecule has 0 saturated heterocycles. The zero-order valence-corrected chi connectivity index (χ0v) is 11.3. The van der Waals surface area contributed by atoms with Gasteiger partial charge in [-0.05, 0) is 39.8 Å². The van der Waals surface area contributed by atoms with Crippen LogP contribution in [0.25, 0.3) is 5.53 Å². The fraction of sp³-hybridized carbons (Fsp3) is 0.429. The number of hydrogen-bond donors (Lipinski definition) is 0. The lowest BCUT2D eigenvalue weighted by Crippen LogP contribution is -2.42. The van der Waals surface area contributed by atoms with Gasteiger partial charge in [-0.25, -0.2) is 0 Å². The van der Waals surface area contributed by atoms with Gasteiger partial charge in [0.1, 0.15) is 0 Å². The highest BCUT2D eigenvalue weighted by atomic mass is 16.2. The number of carbonyl (C=O) groups excluding carboxylic acids is 1. The molecule has 0 heterocycles. The van der Waals surface area contributed by atoms with E-state index in [2.05, 4.69) is 4.79 Å². The summed E-state index contributed by atoms with van der Waals surface area (Å²) in [6.07, 6.45) is 1.28. The molecule has 1 amide bonds. The SMILES string of the molecule is CC(C)N(C(=O)c1ccccc1C=[N+]=[N-])C(C)C.